The van der Waals surface area contributed by atoms with Crippen LogP contribution in [0.25, 0.3) is 0 Å². The third-order valence-electron chi connectivity index (χ3n) is 1.84. The maximum absolute atomic E-state index is 13.3. The number of hydrogen-bond donors (Lipinski definition) is 2. The number of nitrogens with zero attached hydrogens (tertiary/aromatic N) is 1. The molecule has 1 aromatic heterocycles. The molecule has 18 heavy (non-hydrogen) atoms. The second kappa shape index (κ2) is 5.17. The Labute approximate surface area is 98.2 Å². The fourth-order valence-corrected chi connectivity index (χ4v) is 1.16. The molecule has 0 amide bonds. The third-order valence-corrected chi connectivity index (χ3v) is 1.84. The number of rotatable bonds is 4. The highest BCUT2D eigenvalue weighted by molar-refractivity contribution is 5.69. The van der Waals surface area contributed by atoms with E-state index in [2.05, 4.69) is 9.72 Å². The van der Waals surface area contributed by atoms with Gasteiger partial charge in [-0.1, -0.05) is 0 Å². The summed E-state index contributed by atoms with van der Waals surface area (Å²) < 4.78 is 53.0. The number of carboxylic acids is 1. The molecule has 0 fully saturated rings. The van der Waals surface area contributed by atoms with Crippen LogP contribution in [0.5, 0.6) is 5.88 Å². The molecule has 0 saturated heterocycles. The van der Waals surface area contributed by atoms with Crippen molar-refractivity contribution in [3.05, 3.63) is 23.1 Å². The van der Waals surface area contributed by atoms with E-state index in [1.807, 2.05) is 0 Å². The first kappa shape index (κ1) is 14.2. The molecule has 0 radical (unpaired) electrons. The predicted molar refractivity (Wildman–Crippen MR) is 50.1 cm³/mol. The van der Waals surface area contributed by atoms with Crippen LogP contribution in [-0.4, -0.2) is 22.4 Å². The van der Waals surface area contributed by atoms with Gasteiger partial charge in [-0.15, -0.1) is 13.2 Å². The van der Waals surface area contributed by atoms with E-state index in [4.69, 9.17) is 10.8 Å². The molecular formula is C9H8F4N2O3. The van der Waals surface area contributed by atoms with Crippen molar-refractivity contribution in [1.82, 2.24) is 4.98 Å². The van der Waals surface area contributed by atoms with E-state index in [9.17, 15) is 22.4 Å². The van der Waals surface area contributed by atoms with Crippen LogP contribution >= 0.6 is 0 Å². The van der Waals surface area contributed by atoms with E-state index in [1.165, 1.54) is 0 Å². The number of pyridine rings is 1. The number of ether oxygens (including phenoxy) is 1. The fraction of sp³-hybridized carbons (Fsp3) is 0.333. The van der Waals surface area contributed by atoms with Crippen LogP contribution in [0.3, 0.4) is 0 Å². The van der Waals surface area contributed by atoms with Crippen molar-refractivity contribution in [2.24, 2.45) is 5.73 Å². The van der Waals surface area contributed by atoms with Gasteiger partial charge in [0.15, 0.2) is 0 Å². The molecule has 3 N–H and O–H groups in total. The molecule has 5 nitrogen and oxygen atoms in total. The minimum absolute atomic E-state index is 0.307. The van der Waals surface area contributed by atoms with Gasteiger partial charge in [0, 0.05) is 12.1 Å². The normalized spacial score (nSPS) is 11.4. The van der Waals surface area contributed by atoms with Gasteiger partial charge in [0.05, 0.1) is 12.1 Å². The Hall–Kier alpha value is -1.90. The van der Waals surface area contributed by atoms with Gasteiger partial charge in [0.1, 0.15) is 5.82 Å². The summed E-state index contributed by atoms with van der Waals surface area (Å²) in [5, 5.41) is 8.45. The Bertz CT molecular complexity index is 462. The summed E-state index contributed by atoms with van der Waals surface area (Å²) in [5.41, 5.74) is 4.16. The molecule has 0 unspecified atom stereocenters. The molecule has 1 heterocycles. The standard InChI is InChI=1S/C9H8F4N2O3/c10-5-1-4(3-14)8(18-9(11,12)13)15-6(5)2-7(16)17/h1H,2-3,14H2,(H,16,17). The maximum atomic E-state index is 13.3. The summed E-state index contributed by atoms with van der Waals surface area (Å²) >= 11 is 0. The van der Waals surface area contributed by atoms with Gasteiger partial charge in [-0.2, -0.15) is 0 Å². The monoisotopic (exact) mass is 268 g/mol. The lowest BCUT2D eigenvalue weighted by atomic mass is 10.2. The highest BCUT2D eigenvalue weighted by atomic mass is 19.4. The van der Waals surface area contributed by atoms with Crippen molar-refractivity contribution in [2.75, 3.05) is 0 Å². The summed E-state index contributed by atoms with van der Waals surface area (Å²) in [6.07, 6.45) is -5.87. The second-order valence-corrected chi connectivity index (χ2v) is 3.20. The Morgan fingerprint density at radius 1 is 1.50 bits per heavy atom. The second-order valence-electron chi connectivity index (χ2n) is 3.20. The summed E-state index contributed by atoms with van der Waals surface area (Å²) in [6, 6.07) is 0.673. The third kappa shape index (κ3) is 3.84. The van der Waals surface area contributed by atoms with E-state index in [0.717, 1.165) is 0 Å². The number of nitrogens with two attached hydrogens (primary N) is 1. The fourth-order valence-electron chi connectivity index (χ4n) is 1.16. The number of alkyl halides is 3. The average molecular weight is 268 g/mol. The molecule has 0 aliphatic heterocycles. The van der Waals surface area contributed by atoms with Crippen molar-refractivity contribution in [1.29, 1.82) is 0 Å². The van der Waals surface area contributed by atoms with Crippen LogP contribution in [0.1, 0.15) is 11.3 Å². The number of aliphatic carboxylic acids is 1. The molecule has 1 aromatic rings. The molecule has 0 saturated carbocycles. The molecule has 100 valence electrons. The Balaban J connectivity index is 3.17. The zero-order valence-corrected chi connectivity index (χ0v) is 8.79. The van der Waals surface area contributed by atoms with E-state index < -0.39 is 42.7 Å². The van der Waals surface area contributed by atoms with Crippen LogP contribution in [0.15, 0.2) is 6.07 Å². The van der Waals surface area contributed by atoms with Crippen molar-refractivity contribution in [3.63, 3.8) is 0 Å². The molecule has 0 atom stereocenters. The molecule has 1 rings (SSSR count). The predicted octanol–water partition coefficient (Wildman–Crippen LogP) is 1.21. The summed E-state index contributed by atoms with van der Waals surface area (Å²) in [5.74, 6) is -3.42. The highest BCUT2D eigenvalue weighted by Gasteiger charge is 2.33. The minimum Gasteiger partial charge on any atom is -0.481 e. The Morgan fingerprint density at radius 2 is 2.11 bits per heavy atom. The van der Waals surface area contributed by atoms with Crippen molar-refractivity contribution >= 4 is 5.97 Å². The van der Waals surface area contributed by atoms with E-state index in [0.29, 0.717) is 6.07 Å². The number of carbonyl (C=O) groups is 1. The quantitative estimate of drug-likeness (QED) is 0.801. The summed E-state index contributed by atoms with van der Waals surface area (Å²) in [6.45, 7) is -0.428. The van der Waals surface area contributed by atoms with Gasteiger partial charge in [0.2, 0.25) is 5.88 Å². The summed E-state index contributed by atoms with van der Waals surface area (Å²) in [4.78, 5) is 13.6. The lowest BCUT2D eigenvalue weighted by Crippen LogP contribution is -2.21. The zero-order valence-electron chi connectivity index (χ0n) is 8.79. The van der Waals surface area contributed by atoms with E-state index in [-0.39, 0.29) is 5.56 Å². The molecule has 0 aliphatic rings. The average Bonchev–Trinajstić information content (AvgIpc) is 2.19. The molecule has 0 bridgehead atoms. The van der Waals surface area contributed by atoms with Gasteiger partial charge >= 0.3 is 12.3 Å². The van der Waals surface area contributed by atoms with Gasteiger partial charge < -0.3 is 15.6 Å². The Kier molecular flexibility index (Phi) is 4.07. The Morgan fingerprint density at radius 3 is 2.56 bits per heavy atom. The number of hydrogen-bond acceptors (Lipinski definition) is 4. The minimum atomic E-state index is -5.02. The van der Waals surface area contributed by atoms with Gasteiger partial charge in [-0.05, 0) is 6.07 Å². The largest absolute Gasteiger partial charge is 0.574 e. The highest BCUT2D eigenvalue weighted by Crippen LogP contribution is 2.26. The lowest BCUT2D eigenvalue weighted by molar-refractivity contribution is -0.276. The first-order chi connectivity index (χ1) is 8.23. The first-order valence-electron chi connectivity index (χ1n) is 4.59. The van der Waals surface area contributed by atoms with Gasteiger partial charge in [0.25, 0.3) is 0 Å². The van der Waals surface area contributed by atoms with E-state index in [1.54, 1.807) is 0 Å². The van der Waals surface area contributed by atoms with Gasteiger partial charge in [-0.3, -0.25) is 4.79 Å². The topological polar surface area (TPSA) is 85.4 Å². The van der Waals surface area contributed by atoms with E-state index >= 15 is 0 Å². The SMILES string of the molecule is NCc1cc(F)c(CC(=O)O)nc1OC(F)(F)F. The van der Waals surface area contributed by atoms with Crippen LogP contribution in [0.2, 0.25) is 0 Å². The first-order valence-corrected chi connectivity index (χ1v) is 4.59. The van der Waals surface area contributed by atoms with Crippen molar-refractivity contribution < 1.29 is 32.2 Å². The number of carboxylic acid groups (broad SMARTS) is 1. The smallest absolute Gasteiger partial charge is 0.481 e. The maximum Gasteiger partial charge on any atom is 0.574 e. The van der Waals surface area contributed by atoms with Crippen molar-refractivity contribution in [3.8, 4) is 5.88 Å². The zero-order chi connectivity index (χ0) is 13.9. The molecule has 0 aliphatic carbocycles. The molecule has 0 aromatic carbocycles. The molecule has 0 spiro atoms. The lowest BCUT2D eigenvalue weighted by Gasteiger charge is -2.12. The van der Waals surface area contributed by atoms with Crippen molar-refractivity contribution in [2.45, 2.75) is 19.3 Å². The van der Waals surface area contributed by atoms with Crippen LogP contribution in [-0.2, 0) is 17.8 Å². The van der Waals surface area contributed by atoms with Crippen LogP contribution in [0.4, 0.5) is 17.6 Å². The molecular weight excluding hydrogens is 260 g/mol. The molecule has 9 heteroatoms. The van der Waals surface area contributed by atoms with Crippen LogP contribution < -0.4 is 10.5 Å². The van der Waals surface area contributed by atoms with Crippen LogP contribution in [0, 0.1) is 5.82 Å². The number of aromatic nitrogens is 1. The number of halogens is 4. The summed E-state index contributed by atoms with van der Waals surface area (Å²) in [7, 11) is 0. The van der Waals surface area contributed by atoms with Gasteiger partial charge in [-0.25, -0.2) is 9.37 Å².